The molecular formula is C44H29N5. The van der Waals surface area contributed by atoms with Crippen LogP contribution in [0.15, 0.2) is 176 Å². The number of hydrogen-bond acceptors (Lipinski definition) is 4. The lowest BCUT2D eigenvalue weighted by atomic mass is 10.0. The third kappa shape index (κ3) is 5.24. The lowest BCUT2D eigenvalue weighted by Gasteiger charge is -2.15. The van der Waals surface area contributed by atoms with E-state index in [0.717, 1.165) is 50.1 Å². The predicted octanol–water partition coefficient (Wildman–Crippen LogP) is 10.7. The molecule has 0 radical (unpaired) electrons. The summed E-state index contributed by atoms with van der Waals surface area (Å²) < 4.78 is 2.29. The van der Waals surface area contributed by atoms with Crippen LogP contribution in [-0.4, -0.2) is 24.5 Å². The van der Waals surface area contributed by atoms with Crippen molar-refractivity contribution in [2.24, 2.45) is 0 Å². The first kappa shape index (κ1) is 28.5. The first-order valence-corrected chi connectivity index (χ1v) is 16.3. The lowest BCUT2D eigenvalue weighted by Crippen LogP contribution is -2.05. The van der Waals surface area contributed by atoms with Crippen LogP contribution < -0.4 is 0 Å². The van der Waals surface area contributed by atoms with Gasteiger partial charge in [-0.05, 0) is 34.9 Å². The van der Waals surface area contributed by atoms with E-state index in [4.69, 9.17) is 19.9 Å². The van der Waals surface area contributed by atoms with Crippen LogP contribution >= 0.6 is 0 Å². The molecule has 0 saturated carbocycles. The summed E-state index contributed by atoms with van der Waals surface area (Å²) in [5.74, 6) is 1.69. The third-order valence-corrected chi connectivity index (χ3v) is 8.93. The van der Waals surface area contributed by atoms with E-state index in [9.17, 15) is 0 Å². The maximum absolute atomic E-state index is 5.14. The zero-order chi connectivity index (χ0) is 32.6. The molecule has 5 heteroatoms. The number of nitrogens with zero attached hydrogens (tertiary/aromatic N) is 5. The van der Waals surface area contributed by atoms with Gasteiger partial charge in [-0.3, -0.25) is 4.98 Å². The van der Waals surface area contributed by atoms with Crippen molar-refractivity contribution in [2.75, 3.05) is 0 Å². The van der Waals surface area contributed by atoms with Crippen LogP contribution in [-0.2, 0) is 0 Å². The van der Waals surface area contributed by atoms with E-state index in [-0.39, 0.29) is 0 Å². The van der Waals surface area contributed by atoms with Crippen molar-refractivity contribution in [2.45, 2.75) is 0 Å². The Kier molecular flexibility index (Phi) is 7.06. The summed E-state index contributed by atoms with van der Waals surface area (Å²) in [4.78, 5) is 20.4. The molecule has 0 fully saturated rings. The Bertz CT molecular complexity index is 2520. The van der Waals surface area contributed by atoms with Gasteiger partial charge in [-0.2, -0.15) is 0 Å². The highest BCUT2D eigenvalue weighted by Gasteiger charge is 2.21. The van der Waals surface area contributed by atoms with Gasteiger partial charge in [0.1, 0.15) is 5.69 Å². The van der Waals surface area contributed by atoms with Gasteiger partial charge in [0.15, 0.2) is 17.5 Å². The van der Waals surface area contributed by atoms with Crippen molar-refractivity contribution in [3.05, 3.63) is 176 Å². The monoisotopic (exact) mass is 627 g/mol. The number of rotatable bonds is 6. The van der Waals surface area contributed by atoms with Crippen LogP contribution in [0.5, 0.6) is 0 Å². The number of benzene rings is 6. The molecule has 5 nitrogen and oxygen atoms in total. The van der Waals surface area contributed by atoms with Gasteiger partial charge < -0.3 is 4.57 Å². The molecule has 6 aromatic carbocycles. The average molecular weight is 628 g/mol. The summed E-state index contributed by atoms with van der Waals surface area (Å²) in [7, 11) is 0. The van der Waals surface area contributed by atoms with Gasteiger partial charge in [-0.15, -0.1) is 0 Å². The van der Waals surface area contributed by atoms with E-state index in [1.54, 1.807) is 0 Å². The maximum atomic E-state index is 5.14. The van der Waals surface area contributed by atoms with E-state index in [0.29, 0.717) is 23.2 Å². The third-order valence-electron chi connectivity index (χ3n) is 8.93. The topological polar surface area (TPSA) is 56.5 Å². The molecule has 9 rings (SSSR count). The minimum atomic E-state index is 0.507. The molecular weight excluding hydrogens is 599 g/mol. The highest BCUT2D eigenvalue weighted by atomic mass is 15.1. The fraction of sp³-hybridized carbons (Fsp3) is 0. The highest BCUT2D eigenvalue weighted by molar-refractivity contribution is 6.09. The number of fused-ring (bicyclic) bond motifs is 3. The van der Waals surface area contributed by atoms with Crippen LogP contribution in [0, 0.1) is 0 Å². The molecule has 3 aromatic heterocycles. The van der Waals surface area contributed by atoms with Crippen LogP contribution in [0.4, 0.5) is 0 Å². The SMILES string of the molecule is c1ccc(-c2ccc(-c3nc(-c4ccccc4)nc(-c4ncc(-c5ccccc5)cc4-n4c5ccccc5c5ccccc54)n3)cc2)cc1. The van der Waals surface area contributed by atoms with Gasteiger partial charge in [0, 0.05) is 33.7 Å². The van der Waals surface area contributed by atoms with E-state index in [1.807, 2.05) is 48.7 Å². The Hall–Kier alpha value is -6.72. The molecule has 0 aliphatic rings. The summed E-state index contributed by atoms with van der Waals surface area (Å²) in [6.45, 7) is 0. The van der Waals surface area contributed by atoms with E-state index in [2.05, 4.69) is 132 Å². The Morgan fingerprint density at radius 3 is 1.33 bits per heavy atom. The molecule has 49 heavy (non-hydrogen) atoms. The molecule has 0 amide bonds. The van der Waals surface area contributed by atoms with Crippen molar-refractivity contribution >= 4 is 21.8 Å². The average Bonchev–Trinajstić information content (AvgIpc) is 3.53. The number of aromatic nitrogens is 5. The second-order valence-corrected chi connectivity index (χ2v) is 11.9. The molecule has 0 N–H and O–H groups in total. The maximum Gasteiger partial charge on any atom is 0.184 e. The minimum absolute atomic E-state index is 0.507. The Balaban J connectivity index is 1.29. The minimum Gasteiger partial charge on any atom is -0.307 e. The van der Waals surface area contributed by atoms with Crippen LogP contribution in [0.25, 0.3) is 84.0 Å². The second-order valence-electron chi connectivity index (χ2n) is 11.9. The van der Waals surface area contributed by atoms with Gasteiger partial charge in [0.05, 0.1) is 16.7 Å². The van der Waals surface area contributed by atoms with E-state index < -0.39 is 0 Å². The summed E-state index contributed by atoms with van der Waals surface area (Å²) in [5.41, 5.74) is 9.95. The quantitative estimate of drug-likeness (QED) is 0.184. The molecule has 0 bridgehead atoms. The molecule has 9 aromatic rings. The molecule has 0 spiro atoms. The molecule has 0 saturated heterocycles. The first-order valence-electron chi connectivity index (χ1n) is 16.3. The molecule has 0 atom stereocenters. The van der Waals surface area contributed by atoms with Gasteiger partial charge in [0.25, 0.3) is 0 Å². The van der Waals surface area contributed by atoms with Crippen molar-refractivity contribution < 1.29 is 0 Å². The van der Waals surface area contributed by atoms with E-state index in [1.165, 1.54) is 10.8 Å². The first-order chi connectivity index (χ1) is 24.3. The normalized spacial score (nSPS) is 11.3. The molecule has 0 aliphatic carbocycles. The molecule has 0 aliphatic heterocycles. The van der Waals surface area contributed by atoms with Gasteiger partial charge in [0.2, 0.25) is 0 Å². The van der Waals surface area contributed by atoms with Crippen LogP contribution in [0.3, 0.4) is 0 Å². The van der Waals surface area contributed by atoms with Crippen molar-refractivity contribution in [1.29, 1.82) is 0 Å². The van der Waals surface area contributed by atoms with Crippen molar-refractivity contribution in [3.8, 4) is 62.2 Å². The molecule has 230 valence electrons. The van der Waals surface area contributed by atoms with E-state index >= 15 is 0 Å². The fourth-order valence-corrected chi connectivity index (χ4v) is 6.54. The molecule has 0 unspecified atom stereocenters. The highest BCUT2D eigenvalue weighted by Crippen LogP contribution is 2.37. The van der Waals surface area contributed by atoms with Crippen LogP contribution in [0.1, 0.15) is 0 Å². The van der Waals surface area contributed by atoms with Crippen molar-refractivity contribution in [3.63, 3.8) is 0 Å². The van der Waals surface area contributed by atoms with Gasteiger partial charge >= 0.3 is 0 Å². The summed E-state index contributed by atoms with van der Waals surface area (Å²) in [5, 5.41) is 2.35. The van der Waals surface area contributed by atoms with Gasteiger partial charge in [-0.1, -0.05) is 152 Å². The van der Waals surface area contributed by atoms with Gasteiger partial charge in [-0.25, -0.2) is 15.0 Å². The summed E-state index contributed by atoms with van der Waals surface area (Å²) in [6, 6.07) is 58.4. The van der Waals surface area contributed by atoms with Crippen molar-refractivity contribution in [1.82, 2.24) is 24.5 Å². The number of pyridine rings is 1. The van der Waals surface area contributed by atoms with Crippen LogP contribution in [0.2, 0.25) is 0 Å². The Morgan fingerprint density at radius 2 is 0.755 bits per heavy atom. The smallest absolute Gasteiger partial charge is 0.184 e. The predicted molar refractivity (Wildman–Crippen MR) is 199 cm³/mol. The lowest BCUT2D eigenvalue weighted by molar-refractivity contribution is 1.04. The standard InChI is InChI=1S/C44H29N5/c1-4-14-30(15-5-1)32-24-26-34(27-25-32)43-46-42(33-18-8-3-9-19-33)47-44(48-43)41-40(28-35(29-45-41)31-16-6-2-7-17-31)49-38-22-12-10-20-36(38)37-21-11-13-23-39(37)49/h1-29H. The Morgan fingerprint density at radius 1 is 0.347 bits per heavy atom. The number of hydrogen-bond donors (Lipinski definition) is 0. The zero-order valence-electron chi connectivity index (χ0n) is 26.5. The zero-order valence-corrected chi connectivity index (χ0v) is 26.5. The summed E-state index contributed by atoms with van der Waals surface area (Å²) >= 11 is 0. The largest absolute Gasteiger partial charge is 0.307 e. The fourth-order valence-electron chi connectivity index (χ4n) is 6.54. The summed E-state index contributed by atoms with van der Waals surface area (Å²) in [6.07, 6.45) is 1.92. The molecule has 3 heterocycles. The second kappa shape index (κ2) is 12.1. The Labute approximate surface area is 283 Å². The number of para-hydroxylation sites is 2.